The number of hydrogen-bond donors (Lipinski definition) is 2. The van der Waals surface area contributed by atoms with Gasteiger partial charge in [-0.05, 0) is 24.1 Å². The van der Waals surface area contributed by atoms with Crippen molar-refractivity contribution < 1.29 is 9.94 Å². The van der Waals surface area contributed by atoms with Crippen LogP contribution in [0.5, 0.6) is 5.75 Å². The smallest absolute Gasteiger partial charge is 0.137 e. The number of rotatable bonds is 3. The molecule has 0 spiro atoms. The van der Waals surface area contributed by atoms with Crippen LogP contribution >= 0.6 is 11.6 Å². The van der Waals surface area contributed by atoms with Gasteiger partial charge in [0, 0.05) is 6.54 Å². The van der Waals surface area contributed by atoms with Crippen molar-refractivity contribution in [2.75, 3.05) is 7.11 Å². The third-order valence-electron chi connectivity index (χ3n) is 1.73. The average Bonchev–Trinajstić information content (AvgIpc) is 2.10. The number of halogens is 1. The summed E-state index contributed by atoms with van der Waals surface area (Å²) in [5.74, 6) is 0.142. The third-order valence-corrected chi connectivity index (χ3v) is 2.02. The lowest BCUT2D eigenvalue weighted by Gasteiger charge is -2.06. The molecule has 0 aromatic heterocycles. The Hall–Kier alpha value is -0.770. The molecule has 0 fully saturated rings. The van der Waals surface area contributed by atoms with E-state index in [1.54, 1.807) is 20.1 Å². The minimum Gasteiger partial charge on any atom is -0.506 e. The van der Waals surface area contributed by atoms with E-state index in [9.17, 15) is 5.11 Å². The molecule has 0 saturated heterocycles. The first kappa shape index (κ1) is 10.3. The van der Waals surface area contributed by atoms with Gasteiger partial charge in [0.1, 0.15) is 5.75 Å². The highest BCUT2D eigenvalue weighted by Crippen LogP contribution is 2.28. The van der Waals surface area contributed by atoms with Crippen molar-refractivity contribution in [2.45, 2.75) is 13.5 Å². The van der Waals surface area contributed by atoms with Gasteiger partial charge in [-0.25, -0.2) is 0 Å². The molecule has 0 heterocycles. The van der Waals surface area contributed by atoms with Crippen LogP contribution in [-0.2, 0) is 11.4 Å². The van der Waals surface area contributed by atoms with E-state index in [2.05, 4.69) is 5.48 Å². The van der Waals surface area contributed by atoms with E-state index in [1.165, 1.54) is 0 Å². The van der Waals surface area contributed by atoms with Crippen LogP contribution < -0.4 is 5.48 Å². The zero-order chi connectivity index (χ0) is 9.84. The van der Waals surface area contributed by atoms with Crippen molar-refractivity contribution in [1.29, 1.82) is 0 Å². The monoisotopic (exact) mass is 201 g/mol. The molecule has 1 rings (SSSR count). The van der Waals surface area contributed by atoms with Gasteiger partial charge in [0.05, 0.1) is 12.1 Å². The maximum absolute atomic E-state index is 9.37. The van der Waals surface area contributed by atoms with Gasteiger partial charge in [-0.3, -0.25) is 0 Å². The van der Waals surface area contributed by atoms with Gasteiger partial charge in [0.15, 0.2) is 0 Å². The average molecular weight is 202 g/mol. The molecule has 0 atom stereocenters. The molecule has 0 aliphatic carbocycles. The van der Waals surface area contributed by atoms with Crippen LogP contribution in [0.3, 0.4) is 0 Å². The summed E-state index contributed by atoms with van der Waals surface area (Å²) >= 11 is 5.78. The van der Waals surface area contributed by atoms with Gasteiger partial charge in [-0.15, -0.1) is 0 Å². The Morgan fingerprint density at radius 2 is 2.23 bits per heavy atom. The van der Waals surface area contributed by atoms with E-state index in [1.807, 2.05) is 6.07 Å². The van der Waals surface area contributed by atoms with Crippen molar-refractivity contribution in [3.05, 3.63) is 28.3 Å². The molecule has 0 aliphatic rings. The van der Waals surface area contributed by atoms with Crippen molar-refractivity contribution >= 4 is 11.6 Å². The van der Waals surface area contributed by atoms with Crippen LogP contribution in [0.2, 0.25) is 5.02 Å². The molecule has 3 nitrogen and oxygen atoms in total. The number of phenols is 1. The van der Waals surface area contributed by atoms with Gasteiger partial charge < -0.3 is 9.94 Å². The fraction of sp³-hybridized carbons (Fsp3) is 0.333. The van der Waals surface area contributed by atoms with E-state index in [0.717, 1.165) is 11.1 Å². The number of hydroxylamine groups is 1. The summed E-state index contributed by atoms with van der Waals surface area (Å²) in [6.45, 7) is 2.37. The number of hydrogen-bond acceptors (Lipinski definition) is 3. The highest BCUT2D eigenvalue weighted by atomic mass is 35.5. The Labute approximate surface area is 82.2 Å². The molecule has 0 saturated carbocycles. The molecule has 13 heavy (non-hydrogen) atoms. The second-order valence-electron chi connectivity index (χ2n) is 2.77. The first-order chi connectivity index (χ1) is 6.15. The largest absolute Gasteiger partial charge is 0.506 e. The van der Waals surface area contributed by atoms with Gasteiger partial charge >= 0.3 is 0 Å². The van der Waals surface area contributed by atoms with Crippen LogP contribution in [0.1, 0.15) is 11.1 Å². The van der Waals surface area contributed by atoms with E-state index >= 15 is 0 Å². The quantitative estimate of drug-likeness (QED) is 0.736. The molecule has 0 radical (unpaired) electrons. The highest BCUT2D eigenvalue weighted by Gasteiger charge is 2.04. The molecular formula is C9H12ClNO2. The van der Waals surface area contributed by atoms with Crippen LogP contribution in [0.4, 0.5) is 0 Å². The lowest BCUT2D eigenvalue weighted by Crippen LogP contribution is -2.10. The van der Waals surface area contributed by atoms with Crippen LogP contribution in [-0.4, -0.2) is 12.2 Å². The molecule has 0 unspecified atom stereocenters. The normalized spacial score (nSPS) is 10.4. The summed E-state index contributed by atoms with van der Waals surface area (Å²) in [6.07, 6.45) is 0. The lowest BCUT2D eigenvalue weighted by atomic mass is 10.1. The number of aryl methyl sites for hydroxylation is 1. The highest BCUT2D eigenvalue weighted by molar-refractivity contribution is 6.32. The molecule has 1 aromatic carbocycles. The summed E-state index contributed by atoms with van der Waals surface area (Å²) in [5, 5.41) is 9.74. The zero-order valence-electron chi connectivity index (χ0n) is 7.60. The number of nitrogens with one attached hydrogen (secondary N) is 1. The molecule has 0 amide bonds. The summed E-state index contributed by atoms with van der Waals surface area (Å²) in [7, 11) is 1.55. The fourth-order valence-electron chi connectivity index (χ4n) is 1.07. The van der Waals surface area contributed by atoms with Gasteiger partial charge in [-0.2, -0.15) is 5.48 Å². The fourth-order valence-corrected chi connectivity index (χ4v) is 1.35. The third kappa shape index (κ3) is 2.59. The Bertz CT molecular complexity index is 279. The SMILES string of the molecule is CONCc1cc(C)c(O)c(Cl)c1. The second-order valence-corrected chi connectivity index (χ2v) is 3.18. The number of benzene rings is 1. The minimum absolute atomic E-state index is 0.142. The molecular weight excluding hydrogens is 190 g/mol. The van der Waals surface area contributed by atoms with E-state index in [-0.39, 0.29) is 5.75 Å². The van der Waals surface area contributed by atoms with Crippen molar-refractivity contribution in [1.82, 2.24) is 5.48 Å². The van der Waals surface area contributed by atoms with Gasteiger partial charge in [0.25, 0.3) is 0 Å². The van der Waals surface area contributed by atoms with Gasteiger partial charge in [-0.1, -0.05) is 17.7 Å². The van der Waals surface area contributed by atoms with Crippen LogP contribution in [0.25, 0.3) is 0 Å². The predicted molar refractivity (Wildman–Crippen MR) is 51.7 cm³/mol. The van der Waals surface area contributed by atoms with E-state index in [4.69, 9.17) is 16.4 Å². The van der Waals surface area contributed by atoms with E-state index in [0.29, 0.717) is 11.6 Å². The number of aromatic hydroxyl groups is 1. The maximum Gasteiger partial charge on any atom is 0.137 e. The zero-order valence-corrected chi connectivity index (χ0v) is 8.35. The van der Waals surface area contributed by atoms with Crippen molar-refractivity contribution in [2.24, 2.45) is 0 Å². The molecule has 4 heteroatoms. The molecule has 72 valence electrons. The minimum atomic E-state index is 0.142. The van der Waals surface area contributed by atoms with Crippen molar-refractivity contribution in [3.63, 3.8) is 0 Å². The Morgan fingerprint density at radius 1 is 1.54 bits per heavy atom. The summed E-state index contributed by atoms with van der Waals surface area (Å²) in [4.78, 5) is 4.70. The van der Waals surface area contributed by atoms with Gasteiger partial charge in [0.2, 0.25) is 0 Å². The molecule has 2 N–H and O–H groups in total. The second kappa shape index (κ2) is 4.46. The summed E-state index contributed by atoms with van der Waals surface area (Å²) in [5.41, 5.74) is 4.44. The maximum atomic E-state index is 9.37. The topological polar surface area (TPSA) is 41.5 Å². The van der Waals surface area contributed by atoms with Crippen LogP contribution in [0.15, 0.2) is 12.1 Å². The molecule has 1 aromatic rings. The first-order valence-corrected chi connectivity index (χ1v) is 4.26. The lowest BCUT2D eigenvalue weighted by molar-refractivity contribution is 0.0867. The van der Waals surface area contributed by atoms with E-state index < -0.39 is 0 Å². The number of phenolic OH excluding ortho intramolecular Hbond substituents is 1. The molecule has 0 bridgehead atoms. The van der Waals surface area contributed by atoms with Crippen molar-refractivity contribution in [3.8, 4) is 5.75 Å². The standard InChI is InChI=1S/C9H12ClNO2/c1-6-3-7(5-11-13-2)4-8(10)9(6)12/h3-4,11-12H,5H2,1-2H3. The van der Waals surface area contributed by atoms with Crippen LogP contribution in [0, 0.1) is 6.92 Å². The predicted octanol–water partition coefficient (Wildman–Crippen LogP) is 2.01. The summed E-state index contributed by atoms with van der Waals surface area (Å²) in [6, 6.07) is 3.56. The Morgan fingerprint density at radius 3 is 2.77 bits per heavy atom. The Kier molecular flexibility index (Phi) is 3.54. The Balaban J connectivity index is 2.86. The summed E-state index contributed by atoms with van der Waals surface area (Å²) < 4.78 is 0. The molecule has 0 aliphatic heterocycles. The first-order valence-electron chi connectivity index (χ1n) is 3.89.